The van der Waals surface area contributed by atoms with E-state index in [2.05, 4.69) is 74.4 Å². The molecule has 0 saturated carbocycles. The van der Waals surface area contributed by atoms with E-state index in [-0.39, 0.29) is 69.2 Å². The lowest BCUT2D eigenvalue weighted by Crippen LogP contribution is -2.22. The Labute approximate surface area is 392 Å². The van der Waals surface area contributed by atoms with Crippen molar-refractivity contribution in [3.05, 3.63) is 171 Å². The van der Waals surface area contributed by atoms with E-state index >= 15 is 0 Å². The van der Waals surface area contributed by atoms with Crippen LogP contribution in [0, 0.1) is 0 Å². The molecule has 63 heavy (non-hydrogen) atoms. The molecule has 2 aliphatic rings. The highest BCUT2D eigenvalue weighted by Crippen LogP contribution is 2.43. The molecule has 0 bridgehead atoms. The van der Waals surface area contributed by atoms with Crippen molar-refractivity contribution in [2.24, 2.45) is 0 Å². The molecule has 12 nitrogen and oxygen atoms in total. The number of aromatic hydroxyl groups is 2. The molecule has 8 rings (SSSR count). The molecule has 0 unspecified atom stereocenters. The minimum Gasteiger partial charge on any atom is -0.507 e. The number of fused-ring (bicyclic) bond motifs is 4. The second kappa shape index (κ2) is 18.0. The van der Waals surface area contributed by atoms with E-state index in [0.717, 1.165) is 11.1 Å². The molecule has 6 aromatic rings. The van der Waals surface area contributed by atoms with E-state index in [4.69, 9.17) is 9.47 Å². The largest absolute Gasteiger partial charge is 0.507 e. The Bertz CT molecular complexity index is 2740. The molecular formula is C47H30Br4N2O10. The monoisotopic (exact) mass is 1100 g/mol. The van der Waals surface area contributed by atoms with Crippen molar-refractivity contribution in [2.75, 3.05) is 23.8 Å². The third-order valence-corrected chi connectivity index (χ3v) is 12.9. The number of anilines is 4. The first-order valence-corrected chi connectivity index (χ1v) is 22.3. The summed E-state index contributed by atoms with van der Waals surface area (Å²) in [5.74, 6) is -3.78. The summed E-state index contributed by atoms with van der Waals surface area (Å²) in [6, 6.07) is 25.9. The van der Waals surface area contributed by atoms with Gasteiger partial charge in [-0.05, 0) is 123 Å². The van der Waals surface area contributed by atoms with Crippen LogP contribution in [-0.2, 0) is 31.9 Å². The molecule has 316 valence electrons. The second-order valence-electron chi connectivity index (χ2n) is 14.4. The van der Waals surface area contributed by atoms with E-state index in [0.29, 0.717) is 53.5 Å². The van der Waals surface area contributed by atoms with Crippen molar-refractivity contribution in [3.8, 4) is 11.5 Å². The number of halogens is 4. The lowest BCUT2D eigenvalue weighted by molar-refractivity contribution is -0.154. The van der Waals surface area contributed by atoms with Crippen LogP contribution in [0.25, 0.3) is 0 Å². The number of esters is 2. The van der Waals surface area contributed by atoms with Crippen molar-refractivity contribution in [1.29, 1.82) is 0 Å². The molecule has 0 radical (unpaired) electrons. The third kappa shape index (κ3) is 8.60. The molecule has 0 spiro atoms. The van der Waals surface area contributed by atoms with Crippen molar-refractivity contribution >= 4 is 122 Å². The van der Waals surface area contributed by atoms with Gasteiger partial charge >= 0.3 is 11.9 Å². The van der Waals surface area contributed by atoms with Gasteiger partial charge in [-0.15, -0.1) is 0 Å². The SMILES string of the molecule is O=C(CC(=O)OCCc1cc(Br)c(Nc2ccc(O)c3c2C(=O)c2ccccc2C3=O)c(Br)c1)OCCc1cc(Br)c(Nc2ccc(O)c3c2C(=O)c2ccccc2C3=O)c(Br)c1. The van der Waals surface area contributed by atoms with Crippen LogP contribution < -0.4 is 10.6 Å². The van der Waals surface area contributed by atoms with Crippen molar-refractivity contribution < 1.29 is 48.5 Å². The zero-order chi connectivity index (χ0) is 44.7. The maximum absolute atomic E-state index is 13.5. The number of nitrogens with one attached hydrogen (secondary N) is 2. The van der Waals surface area contributed by atoms with E-state index in [1.165, 1.54) is 24.3 Å². The van der Waals surface area contributed by atoms with E-state index in [1.54, 1.807) is 72.8 Å². The zero-order valence-corrected chi connectivity index (χ0v) is 38.8. The van der Waals surface area contributed by atoms with Gasteiger partial charge in [0.1, 0.15) is 17.9 Å². The fourth-order valence-electron chi connectivity index (χ4n) is 7.45. The summed E-state index contributed by atoms with van der Waals surface area (Å²) in [6.45, 7) is -0.0428. The summed E-state index contributed by atoms with van der Waals surface area (Å²) in [4.78, 5) is 78.6. The number of carbonyl (C=O) groups is 6. The van der Waals surface area contributed by atoms with Crippen LogP contribution in [0.2, 0.25) is 0 Å². The average Bonchev–Trinajstić information content (AvgIpc) is 3.25. The summed E-state index contributed by atoms with van der Waals surface area (Å²) in [6.07, 6.45) is 0.0313. The fourth-order valence-corrected chi connectivity index (χ4v) is 10.4. The highest BCUT2D eigenvalue weighted by atomic mass is 79.9. The third-order valence-electron chi connectivity index (χ3n) is 10.4. The second-order valence-corrected chi connectivity index (χ2v) is 17.8. The maximum atomic E-state index is 13.5. The van der Waals surface area contributed by atoms with E-state index in [1.807, 2.05) is 0 Å². The molecular weight excluding hydrogens is 1070 g/mol. The predicted molar refractivity (Wildman–Crippen MR) is 247 cm³/mol. The quantitative estimate of drug-likeness (QED) is 0.0516. The molecule has 0 heterocycles. The van der Waals surface area contributed by atoms with Crippen LogP contribution >= 0.6 is 63.7 Å². The number of hydrogen-bond donors (Lipinski definition) is 4. The van der Waals surface area contributed by atoms with Crippen LogP contribution in [0.1, 0.15) is 81.2 Å². The lowest BCUT2D eigenvalue weighted by Gasteiger charge is -2.22. The summed E-state index contributed by atoms with van der Waals surface area (Å²) in [5.41, 5.74) is 4.24. The normalized spacial score (nSPS) is 12.5. The minimum absolute atomic E-state index is 0.0214. The number of ether oxygens (including phenoxy) is 2. The number of rotatable bonds is 12. The first-order valence-electron chi connectivity index (χ1n) is 19.1. The van der Waals surface area contributed by atoms with Gasteiger partial charge in [0, 0.05) is 53.0 Å². The maximum Gasteiger partial charge on any atom is 0.317 e. The highest BCUT2D eigenvalue weighted by Gasteiger charge is 2.36. The van der Waals surface area contributed by atoms with Crippen molar-refractivity contribution in [3.63, 3.8) is 0 Å². The number of carbonyl (C=O) groups excluding carboxylic acids is 6. The van der Waals surface area contributed by atoms with Crippen molar-refractivity contribution in [1.82, 2.24) is 0 Å². The average molecular weight is 1100 g/mol. The molecule has 0 amide bonds. The van der Waals surface area contributed by atoms with Gasteiger partial charge in [0.25, 0.3) is 0 Å². The van der Waals surface area contributed by atoms with Crippen LogP contribution in [0.4, 0.5) is 22.7 Å². The molecule has 0 aromatic heterocycles. The smallest absolute Gasteiger partial charge is 0.317 e. The summed E-state index contributed by atoms with van der Waals surface area (Å²) in [5, 5.41) is 27.6. The van der Waals surface area contributed by atoms with Gasteiger partial charge in [-0.25, -0.2) is 0 Å². The minimum atomic E-state index is -0.754. The fraction of sp³-hybridized carbons (Fsp3) is 0.106. The van der Waals surface area contributed by atoms with Crippen molar-refractivity contribution in [2.45, 2.75) is 19.3 Å². The van der Waals surface area contributed by atoms with E-state index < -0.39 is 41.5 Å². The number of ketones is 4. The number of hydrogen-bond acceptors (Lipinski definition) is 12. The Morgan fingerprint density at radius 1 is 0.476 bits per heavy atom. The first-order chi connectivity index (χ1) is 30.2. The Morgan fingerprint density at radius 2 is 0.794 bits per heavy atom. The number of phenols is 2. The van der Waals surface area contributed by atoms with Gasteiger partial charge < -0.3 is 30.3 Å². The van der Waals surface area contributed by atoms with Gasteiger partial charge in [-0.3, -0.25) is 28.8 Å². The zero-order valence-electron chi connectivity index (χ0n) is 32.4. The first kappa shape index (κ1) is 43.7. The molecule has 0 fully saturated rings. The molecule has 4 N–H and O–H groups in total. The molecule has 16 heteroatoms. The van der Waals surface area contributed by atoms with Crippen LogP contribution in [-0.4, -0.2) is 58.5 Å². The van der Waals surface area contributed by atoms with Crippen LogP contribution in [0.3, 0.4) is 0 Å². The van der Waals surface area contributed by atoms with Crippen LogP contribution in [0.15, 0.2) is 115 Å². The van der Waals surface area contributed by atoms with E-state index in [9.17, 15) is 39.0 Å². The molecule has 6 aromatic carbocycles. The molecule has 0 saturated heterocycles. The molecule has 0 atom stereocenters. The summed E-state index contributed by atoms with van der Waals surface area (Å²) < 4.78 is 13.0. The standard InChI is InChI=1S/C47H30Br4N2O10/c48-28-17-22(18-29(49)42(28)52-32-9-11-34(54)40-38(32)44(58)24-5-1-3-7-26(24)46(40)60)13-15-62-36(56)21-37(57)63-16-14-23-19-30(50)43(31(51)20-23)53-33-10-12-35(55)41-39(33)45(59)25-6-2-4-8-27(25)47(41)61/h1-12,17-20,52-55H,13-16,21H2. The highest BCUT2D eigenvalue weighted by molar-refractivity contribution is 9.11. The van der Waals surface area contributed by atoms with Gasteiger partial charge in [0.15, 0.2) is 23.1 Å². The van der Waals surface area contributed by atoms with Gasteiger partial charge in [-0.2, -0.15) is 0 Å². The Morgan fingerprint density at radius 3 is 1.13 bits per heavy atom. The molecule has 2 aliphatic carbocycles. The van der Waals surface area contributed by atoms with Gasteiger partial charge in [-0.1, -0.05) is 48.5 Å². The number of benzene rings is 6. The summed E-state index contributed by atoms with van der Waals surface area (Å²) >= 11 is 14.2. The Kier molecular flexibility index (Phi) is 12.5. The topological polar surface area (TPSA) is 185 Å². The number of phenolic OH excluding ortho intramolecular Hbond substituents is 2. The van der Waals surface area contributed by atoms with Gasteiger partial charge in [0.2, 0.25) is 0 Å². The Hall–Kier alpha value is -5.94. The molecule has 0 aliphatic heterocycles. The lowest BCUT2D eigenvalue weighted by atomic mass is 9.82. The predicted octanol–water partition coefficient (Wildman–Crippen LogP) is 10.4. The van der Waals surface area contributed by atoms with Crippen LogP contribution in [0.5, 0.6) is 11.5 Å². The van der Waals surface area contributed by atoms with Gasteiger partial charge in [0.05, 0.1) is 58.2 Å². The Balaban J connectivity index is 0.829. The summed E-state index contributed by atoms with van der Waals surface area (Å²) in [7, 11) is 0.